The van der Waals surface area contributed by atoms with Gasteiger partial charge >= 0.3 is 0 Å². The Morgan fingerprint density at radius 3 is 2.72 bits per heavy atom. The van der Waals surface area contributed by atoms with E-state index in [1.54, 1.807) is 0 Å². The van der Waals surface area contributed by atoms with Crippen molar-refractivity contribution in [3.8, 4) is 11.5 Å². The first-order valence-electron chi connectivity index (χ1n) is 5.03. The Labute approximate surface area is 102 Å². The largest absolute Gasteiger partial charge is 0.507 e. The van der Waals surface area contributed by atoms with Crippen LogP contribution in [0.5, 0.6) is 11.5 Å². The molecule has 1 aromatic rings. The summed E-state index contributed by atoms with van der Waals surface area (Å²) in [6.45, 7) is -2.38. The number of aromatic hydroxyl groups is 1. The summed E-state index contributed by atoms with van der Waals surface area (Å²) in [6.07, 6.45) is 0. The number of aliphatic hydroxyl groups is 1. The third kappa shape index (κ3) is 3.56. The van der Waals surface area contributed by atoms with Gasteiger partial charge in [0.15, 0.2) is 0 Å². The number of carbonyl (C=O) groups excluding carboxylic acids is 1. The van der Waals surface area contributed by atoms with Crippen molar-refractivity contribution in [3.05, 3.63) is 23.8 Å². The third-order valence-electron chi connectivity index (χ3n) is 2.19. The predicted octanol–water partition coefficient (Wildman–Crippen LogP) is 0.758. The highest BCUT2D eigenvalue weighted by atomic mass is 19.3. The topological polar surface area (TPSA) is 78.8 Å². The maximum absolute atomic E-state index is 12.7. The highest BCUT2D eigenvalue weighted by molar-refractivity contribution is 5.97. The molecule has 0 fully saturated rings. The second kappa shape index (κ2) is 5.63. The number of carbonyl (C=O) groups is 1. The number of benzene rings is 1. The van der Waals surface area contributed by atoms with E-state index in [-0.39, 0.29) is 11.3 Å². The van der Waals surface area contributed by atoms with E-state index >= 15 is 0 Å². The van der Waals surface area contributed by atoms with Crippen LogP contribution in [0.15, 0.2) is 18.2 Å². The molecule has 5 nitrogen and oxygen atoms in total. The van der Waals surface area contributed by atoms with Gasteiger partial charge in [0.05, 0.1) is 19.2 Å². The molecule has 7 heteroatoms. The molecule has 0 atom stereocenters. The Morgan fingerprint density at radius 2 is 2.17 bits per heavy atom. The summed E-state index contributed by atoms with van der Waals surface area (Å²) in [5.41, 5.74) is -0.178. The minimum atomic E-state index is -3.40. The van der Waals surface area contributed by atoms with Gasteiger partial charge in [-0.15, -0.1) is 0 Å². The average molecular weight is 261 g/mol. The summed E-state index contributed by atoms with van der Waals surface area (Å²) in [5.74, 6) is -4.31. The predicted molar refractivity (Wildman–Crippen MR) is 59.0 cm³/mol. The van der Waals surface area contributed by atoms with Gasteiger partial charge in [-0.3, -0.25) is 4.79 Å². The molecular weight excluding hydrogens is 248 g/mol. The smallest absolute Gasteiger partial charge is 0.287 e. The molecule has 0 bridgehead atoms. The number of aliphatic hydroxyl groups excluding tert-OH is 1. The van der Waals surface area contributed by atoms with Crippen LogP contribution in [0.2, 0.25) is 0 Å². The molecule has 0 spiro atoms. The van der Waals surface area contributed by atoms with Crippen molar-refractivity contribution in [1.29, 1.82) is 0 Å². The van der Waals surface area contributed by atoms with E-state index < -0.39 is 25.0 Å². The molecule has 1 amide bonds. The Kier molecular flexibility index (Phi) is 4.43. The fraction of sp³-hybridized carbons (Fsp3) is 0.364. The maximum Gasteiger partial charge on any atom is 0.287 e. The Balaban J connectivity index is 2.78. The van der Waals surface area contributed by atoms with E-state index in [4.69, 9.17) is 9.84 Å². The van der Waals surface area contributed by atoms with Crippen molar-refractivity contribution < 1.29 is 28.5 Å². The number of hydrogen-bond donors (Lipinski definition) is 3. The first-order valence-corrected chi connectivity index (χ1v) is 5.03. The van der Waals surface area contributed by atoms with Crippen molar-refractivity contribution in [1.82, 2.24) is 5.32 Å². The van der Waals surface area contributed by atoms with E-state index in [0.29, 0.717) is 5.75 Å². The lowest BCUT2D eigenvalue weighted by molar-refractivity contribution is -0.0462. The van der Waals surface area contributed by atoms with Gasteiger partial charge in [0.2, 0.25) is 0 Å². The minimum absolute atomic E-state index is 0.178. The van der Waals surface area contributed by atoms with Crippen LogP contribution >= 0.6 is 0 Å². The van der Waals surface area contributed by atoms with Gasteiger partial charge in [-0.25, -0.2) is 8.78 Å². The number of alkyl halides is 2. The van der Waals surface area contributed by atoms with Gasteiger partial charge in [-0.2, -0.15) is 0 Å². The molecular formula is C11H13F2NO4. The molecule has 1 aromatic carbocycles. The molecule has 1 rings (SSSR count). The molecule has 0 saturated carbocycles. The number of amides is 1. The average Bonchev–Trinajstić information content (AvgIpc) is 2.36. The number of nitrogens with one attached hydrogen (secondary N) is 1. The molecule has 18 heavy (non-hydrogen) atoms. The van der Waals surface area contributed by atoms with Gasteiger partial charge < -0.3 is 20.3 Å². The summed E-state index contributed by atoms with van der Waals surface area (Å²) >= 11 is 0. The normalized spacial score (nSPS) is 11.1. The summed E-state index contributed by atoms with van der Waals surface area (Å²) < 4.78 is 30.3. The molecule has 0 saturated heterocycles. The van der Waals surface area contributed by atoms with Crippen LogP contribution in [0.25, 0.3) is 0 Å². The summed E-state index contributed by atoms with van der Waals surface area (Å²) in [7, 11) is 1.37. The van der Waals surface area contributed by atoms with Gasteiger partial charge in [0.1, 0.15) is 18.1 Å². The first kappa shape index (κ1) is 14.2. The quantitative estimate of drug-likeness (QED) is 0.731. The minimum Gasteiger partial charge on any atom is -0.507 e. The van der Waals surface area contributed by atoms with Crippen molar-refractivity contribution in [2.75, 3.05) is 20.3 Å². The molecule has 0 aromatic heterocycles. The molecule has 0 heterocycles. The molecule has 100 valence electrons. The van der Waals surface area contributed by atoms with E-state index in [1.807, 2.05) is 5.32 Å². The number of ether oxygens (including phenoxy) is 1. The summed E-state index contributed by atoms with van der Waals surface area (Å²) in [5, 5.41) is 19.7. The van der Waals surface area contributed by atoms with Gasteiger partial charge in [0, 0.05) is 0 Å². The van der Waals surface area contributed by atoms with Crippen molar-refractivity contribution in [3.63, 3.8) is 0 Å². The Morgan fingerprint density at radius 1 is 1.50 bits per heavy atom. The Bertz CT molecular complexity index is 437. The van der Waals surface area contributed by atoms with E-state index in [2.05, 4.69) is 0 Å². The zero-order valence-corrected chi connectivity index (χ0v) is 9.61. The van der Waals surface area contributed by atoms with E-state index in [9.17, 15) is 18.7 Å². The van der Waals surface area contributed by atoms with Crippen LogP contribution in [-0.2, 0) is 0 Å². The van der Waals surface area contributed by atoms with Gasteiger partial charge in [-0.05, 0) is 18.2 Å². The fourth-order valence-electron chi connectivity index (χ4n) is 1.18. The van der Waals surface area contributed by atoms with Gasteiger partial charge in [0.25, 0.3) is 11.8 Å². The van der Waals surface area contributed by atoms with Crippen molar-refractivity contribution in [2.45, 2.75) is 5.92 Å². The first-order chi connectivity index (χ1) is 8.39. The van der Waals surface area contributed by atoms with E-state index in [1.165, 1.54) is 25.3 Å². The molecule has 0 aliphatic rings. The summed E-state index contributed by atoms with van der Waals surface area (Å²) in [4.78, 5) is 11.6. The molecule has 0 aliphatic carbocycles. The SMILES string of the molecule is COc1ccc(O)c(C(=O)NCC(F)(F)CO)c1. The second-order valence-electron chi connectivity index (χ2n) is 3.58. The molecule has 0 aliphatic heterocycles. The molecule has 3 N–H and O–H groups in total. The van der Waals surface area contributed by atoms with E-state index in [0.717, 1.165) is 0 Å². The zero-order valence-electron chi connectivity index (χ0n) is 9.61. The van der Waals surface area contributed by atoms with Crippen LogP contribution in [0.1, 0.15) is 10.4 Å². The fourth-order valence-corrected chi connectivity index (χ4v) is 1.18. The van der Waals surface area contributed by atoms with Crippen LogP contribution in [-0.4, -0.2) is 42.3 Å². The van der Waals surface area contributed by atoms with Crippen LogP contribution in [0.4, 0.5) is 8.78 Å². The van der Waals surface area contributed by atoms with Crippen LogP contribution in [0.3, 0.4) is 0 Å². The highest BCUT2D eigenvalue weighted by Gasteiger charge is 2.28. The lowest BCUT2D eigenvalue weighted by atomic mass is 10.1. The van der Waals surface area contributed by atoms with Crippen molar-refractivity contribution in [2.24, 2.45) is 0 Å². The zero-order chi connectivity index (χ0) is 13.8. The number of rotatable bonds is 5. The van der Waals surface area contributed by atoms with Gasteiger partial charge in [-0.1, -0.05) is 0 Å². The number of phenolic OH excluding ortho intramolecular Hbond substituents is 1. The summed E-state index contributed by atoms with van der Waals surface area (Å²) in [6, 6.07) is 3.87. The lowest BCUT2D eigenvalue weighted by Gasteiger charge is -2.14. The Hall–Kier alpha value is -1.89. The number of phenols is 1. The second-order valence-corrected chi connectivity index (χ2v) is 3.58. The molecule has 0 unspecified atom stereocenters. The standard InChI is InChI=1S/C11H13F2NO4/c1-18-7-2-3-9(16)8(4-7)10(17)14-5-11(12,13)6-15/h2-4,15-16H,5-6H2,1H3,(H,14,17). The maximum atomic E-state index is 12.7. The highest BCUT2D eigenvalue weighted by Crippen LogP contribution is 2.22. The van der Waals surface area contributed by atoms with Crippen LogP contribution < -0.4 is 10.1 Å². The molecule has 0 radical (unpaired) electrons. The number of hydrogen-bond acceptors (Lipinski definition) is 4. The van der Waals surface area contributed by atoms with Crippen molar-refractivity contribution >= 4 is 5.91 Å². The lowest BCUT2D eigenvalue weighted by Crippen LogP contribution is -2.39. The van der Waals surface area contributed by atoms with Crippen LogP contribution in [0, 0.1) is 0 Å². The monoisotopic (exact) mass is 261 g/mol. The number of halogens is 2. The third-order valence-corrected chi connectivity index (χ3v) is 2.19. The number of methoxy groups -OCH3 is 1.